The van der Waals surface area contributed by atoms with E-state index in [0.717, 1.165) is 56.7 Å². The molecule has 11 rings (SSSR count). The molecule has 0 bridgehead atoms. The van der Waals surface area contributed by atoms with Gasteiger partial charge in [-0.3, -0.25) is 0 Å². The molecule has 4 heteroatoms. The summed E-state index contributed by atoms with van der Waals surface area (Å²) in [5, 5.41) is 5.86. The summed E-state index contributed by atoms with van der Waals surface area (Å²) in [5.74, 6) is 0.339. The largest absolute Gasteiger partial charge is 0.452 e. The summed E-state index contributed by atoms with van der Waals surface area (Å²) in [6.07, 6.45) is 15.7. The Kier molecular flexibility index (Phi) is 5.58. The monoisotopic (exact) mass is 648 g/mol. The first-order valence-electron chi connectivity index (χ1n) is 17.8. The quantitative estimate of drug-likeness (QED) is 0.187. The molecule has 0 amide bonds. The van der Waals surface area contributed by atoms with Crippen molar-refractivity contribution in [2.24, 2.45) is 0 Å². The van der Waals surface area contributed by atoms with E-state index < -0.39 is 0 Å². The highest BCUT2D eigenvalue weighted by Gasteiger charge is 2.38. The topological polar surface area (TPSA) is 34.5 Å². The van der Waals surface area contributed by atoms with Crippen molar-refractivity contribution in [2.45, 2.75) is 52.5 Å². The minimum atomic E-state index is 0.244. The van der Waals surface area contributed by atoms with Gasteiger partial charge in [0.25, 0.3) is 0 Å². The molecule has 0 N–H and O–H groups in total. The molecular formula is C46H36N2O2. The van der Waals surface area contributed by atoms with Gasteiger partial charge in [0.2, 0.25) is 0 Å². The molecule has 50 heavy (non-hydrogen) atoms. The maximum atomic E-state index is 6.82. The number of nitrogens with zero attached hydrogens (tertiary/aromatic N) is 2. The molecule has 2 aliphatic carbocycles. The van der Waals surface area contributed by atoms with E-state index in [1.165, 1.54) is 67.0 Å². The molecular weight excluding hydrogens is 613 g/mol. The van der Waals surface area contributed by atoms with Gasteiger partial charge in [-0.1, -0.05) is 72.9 Å². The molecule has 3 aliphatic rings. The van der Waals surface area contributed by atoms with Crippen molar-refractivity contribution < 1.29 is 8.83 Å². The lowest BCUT2D eigenvalue weighted by Gasteiger charge is -2.30. The van der Waals surface area contributed by atoms with Crippen LogP contribution < -0.4 is 4.90 Å². The number of hydrogen-bond acceptors (Lipinski definition) is 3. The molecule has 2 atom stereocenters. The molecule has 0 saturated heterocycles. The van der Waals surface area contributed by atoms with E-state index in [0.29, 0.717) is 5.92 Å². The Bertz CT molecular complexity index is 2890. The minimum Gasteiger partial charge on any atom is -0.452 e. The number of rotatable bonds is 2. The van der Waals surface area contributed by atoms with Crippen LogP contribution in [0.25, 0.3) is 66.5 Å². The number of aryl methyl sites for hydroxylation is 4. The Morgan fingerprint density at radius 3 is 2.10 bits per heavy atom. The fourth-order valence-electron chi connectivity index (χ4n) is 9.42. The van der Waals surface area contributed by atoms with Gasteiger partial charge in [-0.05, 0) is 105 Å². The summed E-state index contributed by atoms with van der Waals surface area (Å²) in [6, 6.07) is 27.1. The standard InChI is InChI=1S/C46H36N2O2/c1-25-21-41-33(23-39(25)47-35-17-9-5-13-29(35)30-14-6-10-18-36(30)47)43-27(3)28(4)44-34-24-40(26(2)22-42(34)50-46(44)45(43)49-41)48-37-19-11-7-15-31(37)32-16-8-12-20-38(32)48/h5-11,13-19,21-24,29,35H,12,20H2,1-4H3. The maximum Gasteiger partial charge on any atom is 0.178 e. The fraction of sp³-hybridized carbons (Fsp3) is 0.174. The van der Waals surface area contributed by atoms with Gasteiger partial charge in [0.15, 0.2) is 11.2 Å². The van der Waals surface area contributed by atoms with Crippen molar-refractivity contribution in [3.8, 4) is 5.69 Å². The SMILES string of the molecule is Cc1cc2oc3c4oc5cc(C)c(-n6c7c(c8ccccc86)C=CCC7)cc5c4c(C)c(C)c3c2cc1N1c2ccccc2C2C=CC=CC21. The third-order valence-corrected chi connectivity index (χ3v) is 11.8. The number of para-hydroxylation sites is 2. The first kappa shape index (κ1) is 28.1. The van der Waals surface area contributed by atoms with E-state index in [2.05, 4.69) is 146 Å². The number of benzene rings is 5. The second-order valence-electron chi connectivity index (χ2n) is 14.5. The van der Waals surface area contributed by atoms with Gasteiger partial charge in [0.1, 0.15) is 11.2 Å². The normalized spacial score (nSPS) is 18.0. The molecule has 0 spiro atoms. The van der Waals surface area contributed by atoms with E-state index in [1.807, 2.05) is 0 Å². The summed E-state index contributed by atoms with van der Waals surface area (Å²) in [7, 11) is 0. The highest BCUT2D eigenvalue weighted by molar-refractivity contribution is 6.22. The maximum absolute atomic E-state index is 6.82. The third kappa shape index (κ3) is 3.55. The summed E-state index contributed by atoms with van der Waals surface area (Å²) in [5.41, 5.74) is 17.4. The van der Waals surface area contributed by atoms with Crippen molar-refractivity contribution in [2.75, 3.05) is 4.90 Å². The van der Waals surface area contributed by atoms with Gasteiger partial charge < -0.3 is 18.3 Å². The van der Waals surface area contributed by atoms with Gasteiger partial charge in [0.05, 0.1) is 11.6 Å². The molecule has 4 heterocycles. The number of anilines is 2. The van der Waals surface area contributed by atoms with Crippen LogP contribution in [-0.4, -0.2) is 10.6 Å². The molecule has 0 radical (unpaired) electrons. The number of allylic oxidation sites excluding steroid dienone is 3. The second kappa shape index (κ2) is 9.92. The predicted octanol–water partition coefficient (Wildman–Crippen LogP) is 12.4. The lowest BCUT2D eigenvalue weighted by Crippen LogP contribution is -2.29. The Morgan fingerprint density at radius 1 is 0.660 bits per heavy atom. The van der Waals surface area contributed by atoms with Crippen LogP contribution in [0.3, 0.4) is 0 Å². The van der Waals surface area contributed by atoms with Crippen LogP contribution in [0, 0.1) is 27.7 Å². The highest BCUT2D eigenvalue weighted by atomic mass is 16.4. The van der Waals surface area contributed by atoms with Gasteiger partial charge in [-0.15, -0.1) is 0 Å². The van der Waals surface area contributed by atoms with E-state index in [-0.39, 0.29) is 6.04 Å². The van der Waals surface area contributed by atoms with E-state index >= 15 is 0 Å². The lowest BCUT2D eigenvalue weighted by atomic mass is 9.91. The van der Waals surface area contributed by atoms with Crippen LogP contribution in [0.2, 0.25) is 0 Å². The first-order chi connectivity index (χ1) is 24.5. The van der Waals surface area contributed by atoms with Crippen LogP contribution in [-0.2, 0) is 6.42 Å². The second-order valence-corrected chi connectivity index (χ2v) is 14.5. The van der Waals surface area contributed by atoms with Crippen molar-refractivity contribution in [1.82, 2.24) is 4.57 Å². The molecule has 0 fully saturated rings. The van der Waals surface area contributed by atoms with Gasteiger partial charge in [-0.25, -0.2) is 0 Å². The third-order valence-electron chi connectivity index (χ3n) is 11.8. The number of furan rings is 2. The van der Waals surface area contributed by atoms with Crippen molar-refractivity contribution in [1.29, 1.82) is 0 Å². The van der Waals surface area contributed by atoms with E-state index in [1.54, 1.807) is 0 Å². The predicted molar refractivity (Wildman–Crippen MR) is 208 cm³/mol. The molecule has 1 aliphatic heterocycles. The Hall–Kier alpha value is -5.74. The number of fused-ring (bicyclic) bond motifs is 13. The Balaban J connectivity index is 1.15. The molecule has 5 aromatic carbocycles. The number of hydrogen-bond donors (Lipinski definition) is 0. The van der Waals surface area contributed by atoms with Crippen LogP contribution in [0.1, 0.15) is 51.4 Å². The molecule has 8 aromatic rings. The van der Waals surface area contributed by atoms with Crippen LogP contribution in [0.5, 0.6) is 0 Å². The Morgan fingerprint density at radius 2 is 1.32 bits per heavy atom. The summed E-state index contributed by atoms with van der Waals surface area (Å²) in [4.78, 5) is 2.53. The highest BCUT2D eigenvalue weighted by Crippen LogP contribution is 2.51. The minimum absolute atomic E-state index is 0.244. The molecule has 4 nitrogen and oxygen atoms in total. The van der Waals surface area contributed by atoms with Crippen molar-refractivity contribution in [3.05, 3.63) is 142 Å². The van der Waals surface area contributed by atoms with Crippen LogP contribution >= 0.6 is 0 Å². The molecule has 2 unspecified atom stereocenters. The smallest absolute Gasteiger partial charge is 0.178 e. The molecule has 0 saturated carbocycles. The van der Waals surface area contributed by atoms with Crippen molar-refractivity contribution >= 4 is 72.2 Å². The lowest BCUT2D eigenvalue weighted by molar-refractivity contribution is 0.632. The summed E-state index contributed by atoms with van der Waals surface area (Å²) < 4.78 is 16.1. The van der Waals surface area contributed by atoms with E-state index in [9.17, 15) is 0 Å². The molecule has 3 aromatic heterocycles. The van der Waals surface area contributed by atoms with E-state index in [4.69, 9.17) is 8.83 Å². The molecule has 242 valence electrons. The zero-order valence-electron chi connectivity index (χ0n) is 28.7. The summed E-state index contributed by atoms with van der Waals surface area (Å²) >= 11 is 0. The van der Waals surface area contributed by atoms with Crippen molar-refractivity contribution in [3.63, 3.8) is 0 Å². The van der Waals surface area contributed by atoms with Gasteiger partial charge in [0, 0.05) is 61.2 Å². The summed E-state index contributed by atoms with van der Waals surface area (Å²) in [6.45, 7) is 8.91. The van der Waals surface area contributed by atoms with Crippen LogP contribution in [0.4, 0.5) is 11.4 Å². The average molecular weight is 649 g/mol. The van der Waals surface area contributed by atoms with Gasteiger partial charge >= 0.3 is 0 Å². The zero-order valence-corrected chi connectivity index (χ0v) is 28.7. The zero-order chi connectivity index (χ0) is 33.4. The number of aromatic nitrogens is 1. The average Bonchev–Trinajstić information content (AvgIpc) is 3.88. The Labute approximate surface area is 290 Å². The fourth-order valence-corrected chi connectivity index (χ4v) is 9.42. The van der Waals surface area contributed by atoms with Crippen LogP contribution in [0.15, 0.2) is 112 Å². The first-order valence-corrected chi connectivity index (χ1v) is 17.8. The van der Waals surface area contributed by atoms with Gasteiger partial charge in [-0.2, -0.15) is 0 Å².